The molecule has 2 nitrogen and oxygen atoms in total. The van der Waals surface area contributed by atoms with Crippen LogP contribution in [0.5, 0.6) is 5.75 Å². The molecule has 0 aromatic heterocycles. The van der Waals surface area contributed by atoms with Gasteiger partial charge in [-0.25, -0.2) is 0 Å². The Hall–Kier alpha value is -0.730. The Morgan fingerprint density at radius 3 is 2.64 bits per heavy atom. The molecule has 60 valence electrons. The molecular formula is C8H10ClNO. The summed E-state index contributed by atoms with van der Waals surface area (Å²) in [5.74, 6) is 0.0872. The molecule has 0 saturated carbocycles. The summed E-state index contributed by atoms with van der Waals surface area (Å²) in [6.07, 6.45) is 0. The molecular weight excluding hydrogens is 162 g/mol. The number of hydrogen-bond acceptors (Lipinski definition) is 2. The second-order valence-corrected chi connectivity index (χ2v) is 2.87. The molecule has 11 heavy (non-hydrogen) atoms. The van der Waals surface area contributed by atoms with Gasteiger partial charge in [0.1, 0.15) is 5.75 Å². The average molecular weight is 172 g/mol. The molecule has 1 aromatic rings. The number of para-hydroxylation sites is 1. The second kappa shape index (κ2) is 3.11. The quantitative estimate of drug-likeness (QED) is 0.680. The number of halogens is 1. The van der Waals surface area contributed by atoms with Crippen LogP contribution in [-0.2, 0) is 0 Å². The molecule has 0 fully saturated rings. The maximum atomic E-state index is 9.36. The zero-order valence-corrected chi connectivity index (χ0v) is 6.97. The molecule has 1 rings (SSSR count). The smallest absolute Gasteiger partial charge is 0.138 e. The van der Waals surface area contributed by atoms with E-state index in [-0.39, 0.29) is 11.8 Å². The summed E-state index contributed by atoms with van der Waals surface area (Å²) in [6.45, 7) is 1.80. The lowest BCUT2D eigenvalue weighted by molar-refractivity contribution is 0.464. The molecule has 1 aromatic carbocycles. The molecule has 3 heteroatoms. The summed E-state index contributed by atoms with van der Waals surface area (Å²) in [7, 11) is 0. The summed E-state index contributed by atoms with van der Waals surface area (Å²) in [5, 5.41) is 9.70. The molecule has 0 aliphatic rings. The Morgan fingerprint density at radius 1 is 1.55 bits per heavy atom. The predicted molar refractivity (Wildman–Crippen MR) is 45.7 cm³/mol. The molecule has 3 N–H and O–H groups in total. The second-order valence-electron chi connectivity index (χ2n) is 2.47. The maximum absolute atomic E-state index is 9.36. The maximum Gasteiger partial charge on any atom is 0.138 e. The van der Waals surface area contributed by atoms with Crippen molar-refractivity contribution in [1.29, 1.82) is 0 Å². The SMILES string of the molecule is C[C@@H](N)c1cccc(Cl)c1O. The monoisotopic (exact) mass is 171 g/mol. The molecule has 1 atom stereocenters. The Labute approximate surface area is 70.6 Å². The van der Waals surface area contributed by atoms with Crippen LogP contribution in [0, 0.1) is 0 Å². The fourth-order valence-electron chi connectivity index (χ4n) is 0.899. The van der Waals surface area contributed by atoms with Crippen molar-refractivity contribution >= 4 is 11.6 Å². The summed E-state index contributed by atoms with van der Waals surface area (Å²) < 4.78 is 0. The van der Waals surface area contributed by atoms with Crippen molar-refractivity contribution in [3.63, 3.8) is 0 Å². The van der Waals surface area contributed by atoms with E-state index in [1.165, 1.54) is 0 Å². The molecule has 0 saturated heterocycles. The van der Waals surface area contributed by atoms with E-state index in [1.54, 1.807) is 25.1 Å². The van der Waals surface area contributed by atoms with Gasteiger partial charge in [-0.3, -0.25) is 0 Å². The number of benzene rings is 1. The van der Waals surface area contributed by atoms with Crippen LogP contribution >= 0.6 is 11.6 Å². The number of aromatic hydroxyl groups is 1. The van der Waals surface area contributed by atoms with Crippen LogP contribution in [0.2, 0.25) is 5.02 Å². The fourth-order valence-corrected chi connectivity index (χ4v) is 1.08. The van der Waals surface area contributed by atoms with Crippen molar-refractivity contribution in [3.05, 3.63) is 28.8 Å². The van der Waals surface area contributed by atoms with Crippen LogP contribution in [0.3, 0.4) is 0 Å². The van der Waals surface area contributed by atoms with E-state index in [2.05, 4.69) is 0 Å². The first-order chi connectivity index (χ1) is 5.13. The number of hydrogen-bond donors (Lipinski definition) is 2. The van der Waals surface area contributed by atoms with E-state index >= 15 is 0 Å². The van der Waals surface area contributed by atoms with Gasteiger partial charge in [0.05, 0.1) is 5.02 Å². The Balaban J connectivity index is 3.17. The zero-order chi connectivity index (χ0) is 8.43. The highest BCUT2D eigenvalue weighted by Crippen LogP contribution is 2.29. The van der Waals surface area contributed by atoms with Crippen LogP contribution in [0.1, 0.15) is 18.5 Å². The fraction of sp³-hybridized carbons (Fsp3) is 0.250. The topological polar surface area (TPSA) is 46.2 Å². The highest BCUT2D eigenvalue weighted by Gasteiger charge is 2.07. The third kappa shape index (κ3) is 1.64. The normalized spacial score (nSPS) is 13.0. The minimum Gasteiger partial charge on any atom is -0.506 e. The van der Waals surface area contributed by atoms with Crippen molar-refractivity contribution in [2.45, 2.75) is 13.0 Å². The lowest BCUT2D eigenvalue weighted by atomic mass is 10.1. The first kappa shape index (κ1) is 8.37. The van der Waals surface area contributed by atoms with E-state index in [9.17, 15) is 5.11 Å². The molecule has 0 heterocycles. The van der Waals surface area contributed by atoms with Crippen molar-refractivity contribution < 1.29 is 5.11 Å². The highest BCUT2D eigenvalue weighted by atomic mass is 35.5. The van der Waals surface area contributed by atoms with Gasteiger partial charge in [-0.2, -0.15) is 0 Å². The highest BCUT2D eigenvalue weighted by molar-refractivity contribution is 6.32. The third-order valence-electron chi connectivity index (χ3n) is 1.51. The Kier molecular flexibility index (Phi) is 2.37. The number of rotatable bonds is 1. The molecule has 0 aliphatic carbocycles. The Morgan fingerprint density at radius 2 is 2.18 bits per heavy atom. The van der Waals surface area contributed by atoms with Crippen LogP contribution in [0.4, 0.5) is 0 Å². The molecule has 0 unspecified atom stereocenters. The van der Waals surface area contributed by atoms with Gasteiger partial charge in [-0.15, -0.1) is 0 Å². The van der Waals surface area contributed by atoms with Gasteiger partial charge < -0.3 is 10.8 Å². The number of nitrogens with two attached hydrogens (primary N) is 1. The number of phenols is 1. The van der Waals surface area contributed by atoms with E-state index in [0.29, 0.717) is 10.6 Å². The van der Waals surface area contributed by atoms with Gasteiger partial charge in [0.2, 0.25) is 0 Å². The Bertz CT molecular complexity index is 260. The largest absolute Gasteiger partial charge is 0.506 e. The first-order valence-electron chi connectivity index (χ1n) is 3.36. The van der Waals surface area contributed by atoms with Crippen LogP contribution in [0.25, 0.3) is 0 Å². The summed E-state index contributed by atoms with van der Waals surface area (Å²) >= 11 is 5.65. The molecule has 0 radical (unpaired) electrons. The van der Waals surface area contributed by atoms with Gasteiger partial charge in [0.15, 0.2) is 0 Å². The van der Waals surface area contributed by atoms with Crippen LogP contribution in [0.15, 0.2) is 18.2 Å². The molecule has 0 aliphatic heterocycles. The van der Waals surface area contributed by atoms with Crippen LogP contribution in [-0.4, -0.2) is 5.11 Å². The van der Waals surface area contributed by atoms with Crippen molar-refractivity contribution in [2.75, 3.05) is 0 Å². The summed E-state index contributed by atoms with van der Waals surface area (Å²) in [4.78, 5) is 0. The standard InChI is InChI=1S/C8H10ClNO/c1-5(10)6-3-2-4-7(9)8(6)11/h2-5,11H,10H2,1H3/t5-/m1/s1. The third-order valence-corrected chi connectivity index (χ3v) is 1.81. The zero-order valence-electron chi connectivity index (χ0n) is 6.21. The predicted octanol–water partition coefficient (Wildman–Crippen LogP) is 2.07. The van der Waals surface area contributed by atoms with Crippen molar-refractivity contribution in [1.82, 2.24) is 0 Å². The van der Waals surface area contributed by atoms with E-state index in [0.717, 1.165) is 0 Å². The van der Waals surface area contributed by atoms with Gasteiger partial charge in [-0.1, -0.05) is 23.7 Å². The van der Waals surface area contributed by atoms with Gasteiger partial charge in [-0.05, 0) is 13.0 Å². The summed E-state index contributed by atoms with van der Waals surface area (Å²) in [6, 6.07) is 4.96. The van der Waals surface area contributed by atoms with Crippen molar-refractivity contribution in [2.24, 2.45) is 5.73 Å². The van der Waals surface area contributed by atoms with E-state index < -0.39 is 0 Å². The lowest BCUT2D eigenvalue weighted by Gasteiger charge is -2.08. The molecule has 0 amide bonds. The van der Waals surface area contributed by atoms with Gasteiger partial charge >= 0.3 is 0 Å². The number of phenolic OH excluding ortho intramolecular Hbond substituents is 1. The van der Waals surface area contributed by atoms with Gasteiger partial charge in [0.25, 0.3) is 0 Å². The minimum atomic E-state index is -0.186. The van der Waals surface area contributed by atoms with Crippen molar-refractivity contribution in [3.8, 4) is 5.75 Å². The molecule has 0 spiro atoms. The van der Waals surface area contributed by atoms with E-state index in [4.69, 9.17) is 17.3 Å². The average Bonchev–Trinajstić information content (AvgIpc) is 1.94. The van der Waals surface area contributed by atoms with Crippen LogP contribution < -0.4 is 5.73 Å². The van der Waals surface area contributed by atoms with E-state index in [1.807, 2.05) is 0 Å². The lowest BCUT2D eigenvalue weighted by Crippen LogP contribution is -2.04. The van der Waals surface area contributed by atoms with Gasteiger partial charge in [0, 0.05) is 11.6 Å². The summed E-state index contributed by atoms with van der Waals surface area (Å²) in [5.41, 5.74) is 6.24. The minimum absolute atomic E-state index is 0.0872. The molecule has 0 bridgehead atoms. The first-order valence-corrected chi connectivity index (χ1v) is 3.73.